The minimum absolute atomic E-state index is 0.0738. The van der Waals surface area contributed by atoms with Crippen molar-refractivity contribution in [3.63, 3.8) is 0 Å². The van der Waals surface area contributed by atoms with Crippen LogP contribution in [-0.2, 0) is 11.3 Å². The maximum atomic E-state index is 12.3. The Morgan fingerprint density at radius 2 is 1.95 bits per heavy atom. The number of esters is 1. The lowest BCUT2D eigenvalue weighted by Crippen LogP contribution is -2.07. The van der Waals surface area contributed by atoms with Gasteiger partial charge in [-0.05, 0) is 29.8 Å². The quantitative estimate of drug-likeness (QED) is 0.689. The summed E-state index contributed by atoms with van der Waals surface area (Å²) < 4.78 is 15.4. The van der Waals surface area contributed by atoms with Gasteiger partial charge in [0.15, 0.2) is 12.4 Å². The van der Waals surface area contributed by atoms with Crippen molar-refractivity contribution in [2.45, 2.75) is 13.5 Å². The van der Waals surface area contributed by atoms with E-state index in [1.54, 1.807) is 13.0 Å². The molecule has 0 N–H and O–H groups in total. The molecule has 0 radical (unpaired) electrons. The van der Waals surface area contributed by atoms with Gasteiger partial charge in [-0.1, -0.05) is 29.4 Å². The Morgan fingerprint density at radius 3 is 2.59 bits per heavy atom. The third-order valence-corrected chi connectivity index (χ3v) is 3.18. The van der Waals surface area contributed by atoms with E-state index in [1.807, 2.05) is 30.3 Å². The zero-order valence-corrected chi connectivity index (χ0v) is 12.2. The summed E-state index contributed by atoms with van der Waals surface area (Å²) in [5.74, 6) is 0.712. The third-order valence-electron chi connectivity index (χ3n) is 3.18. The molecule has 0 aliphatic carbocycles. The molecule has 0 fully saturated rings. The zero-order chi connectivity index (χ0) is 15.5. The molecule has 6 heteroatoms. The van der Waals surface area contributed by atoms with Gasteiger partial charge in [-0.2, -0.15) is 4.98 Å². The van der Waals surface area contributed by atoms with E-state index in [0.29, 0.717) is 17.1 Å². The van der Waals surface area contributed by atoms with Crippen molar-refractivity contribution in [2.24, 2.45) is 0 Å². The third kappa shape index (κ3) is 2.76. The van der Waals surface area contributed by atoms with Gasteiger partial charge in [0.2, 0.25) is 0 Å². The van der Waals surface area contributed by atoms with Crippen LogP contribution in [0.15, 0.2) is 40.9 Å². The zero-order valence-electron chi connectivity index (χ0n) is 12.2. The number of hydrogen-bond donors (Lipinski definition) is 0. The Balaban J connectivity index is 1.85. The number of rotatable bonds is 4. The first kappa shape index (κ1) is 14.1. The maximum Gasteiger partial charge on any atom is 0.342 e. The van der Waals surface area contributed by atoms with Crippen LogP contribution < -0.4 is 4.74 Å². The Hall–Kier alpha value is -2.89. The maximum absolute atomic E-state index is 12.3. The molecule has 112 valence electrons. The largest absolute Gasteiger partial charge is 0.496 e. The van der Waals surface area contributed by atoms with Crippen molar-refractivity contribution in [1.29, 1.82) is 0 Å². The summed E-state index contributed by atoms with van der Waals surface area (Å²) in [6, 6.07) is 11.3. The van der Waals surface area contributed by atoms with Gasteiger partial charge in [0.25, 0.3) is 5.89 Å². The van der Waals surface area contributed by atoms with Gasteiger partial charge in [0, 0.05) is 0 Å². The normalized spacial score (nSPS) is 10.6. The number of hydrogen-bond acceptors (Lipinski definition) is 6. The molecule has 0 aliphatic heterocycles. The molecule has 3 rings (SSSR count). The predicted molar refractivity (Wildman–Crippen MR) is 78.7 cm³/mol. The highest BCUT2D eigenvalue weighted by molar-refractivity contribution is 5.98. The molecule has 0 saturated carbocycles. The first-order valence-corrected chi connectivity index (χ1v) is 6.70. The van der Waals surface area contributed by atoms with Crippen LogP contribution in [0.3, 0.4) is 0 Å². The van der Waals surface area contributed by atoms with Gasteiger partial charge in [-0.15, -0.1) is 0 Å². The van der Waals surface area contributed by atoms with E-state index in [2.05, 4.69) is 10.1 Å². The molecule has 0 spiro atoms. The topological polar surface area (TPSA) is 74.5 Å². The summed E-state index contributed by atoms with van der Waals surface area (Å²) in [7, 11) is 1.52. The second kappa shape index (κ2) is 5.85. The average Bonchev–Trinajstić information content (AvgIpc) is 2.96. The number of carbonyl (C=O) groups excluding carboxylic acids is 1. The number of nitrogens with zero attached hydrogens (tertiary/aromatic N) is 2. The molecule has 0 amide bonds. The molecule has 1 heterocycles. The standard InChI is InChI=1S/C16H14N2O4/c1-10-17-15(22-18-10)9-21-16(19)13-7-11-5-3-4-6-12(11)8-14(13)20-2/h3-8H,9H2,1-2H3. The van der Waals surface area contributed by atoms with Crippen LogP contribution in [0.5, 0.6) is 5.75 Å². The van der Waals surface area contributed by atoms with Gasteiger partial charge < -0.3 is 14.0 Å². The van der Waals surface area contributed by atoms with Crippen LogP contribution in [-0.4, -0.2) is 23.2 Å². The number of aromatic nitrogens is 2. The van der Waals surface area contributed by atoms with Crippen LogP contribution >= 0.6 is 0 Å². The van der Waals surface area contributed by atoms with Crippen molar-refractivity contribution in [2.75, 3.05) is 7.11 Å². The fourth-order valence-electron chi connectivity index (χ4n) is 2.15. The lowest BCUT2D eigenvalue weighted by molar-refractivity contribution is 0.0426. The molecule has 0 unspecified atom stereocenters. The highest BCUT2D eigenvalue weighted by atomic mass is 16.6. The number of carbonyl (C=O) groups is 1. The molecular formula is C16H14N2O4. The fourth-order valence-corrected chi connectivity index (χ4v) is 2.15. The van der Waals surface area contributed by atoms with E-state index in [4.69, 9.17) is 14.0 Å². The summed E-state index contributed by atoms with van der Waals surface area (Å²) >= 11 is 0. The van der Waals surface area contributed by atoms with E-state index >= 15 is 0 Å². The lowest BCUT2D eigenvalue weighted by Gasteiger charge is -2.09. The van der Waals surface area contributed by atoms with Crippen molar-refractivity contribution in [1.82, 2.24) is 10.1 Å². The van der Waals surface area contributed by atoms with Gasteiger partial charge >= 0.3 is 5.97 Å². The molecule has 0 bridgehead atoms. The van der Waals surface area contributed by atoms with Crippen LogP contribution in [0.1, 0.15) is 22.1 Å². The van der Waals surface area contributed by atoms with Crippen molar-refractivity contribution in [3.05, 3.63) is 53.7 Å². The van der Waals surface area contributed by atoms with Gasteiger partial charge in [-0.3, -0.25) is 0 Å². The number of aryl methyl sites for hydroxylation is 1. The van der Waals surface area contributed by atoms with E-state index in [1.165, 1.54) is 7.11 Å². The Bertz CT molecular complexity index is 826. The van der Waals surface area contributed by atoms with Crippen molar-refractivity contribution < 1.29 is 18.8 Å². The Labute approximate surface area is 126 Å². The molecule has 6 nitrogen and oxygen atoms in total. The lowest BCUT2D eigenvalue weighted by atomic mass is 10.1. The summed E-state index contributed by atoms with van der Waals surface area (Å²) in [5, 5.41) is 5.56. The van der Waals surface area contributed by atoms with Crippen LogP contribution in [0.2, 0.25) is 0 Å². The molecule has 2 aromatic carbocycles. The van der Waals surface area contributed by atoms with E-state index in [-0.39, 0.29) is 12.5 Å². The van der Waals surface area contributed by atoms with Crippen LogP contribution in [0.4, 0.5) is 0 Å². The van der Waals surface area contributed by atoms with Gasteiger partial charge in [-0.25, -0.2) is 4.79 Å². The summed E-state index contributed by atoms with van der Waals surface area (Å²) in [6.45, 7) is 1.62. The first-order chi connectivity index (χ1) is 10.7. The van der Waals surface area contributed by atoms with Crippen molar-refractivity contribution in [3.8, 4) is 5.75 Å². The number of fused-ring (bicyclic) bond motifs is 1. The average molecular weight is 298 g/mol. The minimum atomic E-state index is -0.501. The smallest absolute Gasteiger partial charge is 0.342 e. The molecule has 0 atom stereocenters. The van der Waals surface area contributed by atoms with E-state index < -0.39 is 5.97 Å². The fraction of sp³-hybridized carbons (Fsp3) is 0.188. The molecule has 0 saturated heterocycles. The molecule has 0 aliphatic rings. The SMILES string of the molecule is COc1cc2ccccc2cc1C(=O)OCc1nc(C)no1. The molecule has 22 heavy (non-hydrogen) atoms. The van der Waals surface area contributed by atoms with Crippen molar-refractivity contribution >= 4 is 16.7 Å². The first-order valence-electron chi connectivity index (χ1n) is 6.70. The second-order valence-electron chi connectivity index (χ2n) is 4.71. The summed E-state index contributed by atoms with van der Waals surface area (Å²) in [5.41, 5.74) is 0.359. The monoisotopic (exact) mass is 298 g/mol. The molecule has 1 aromatic heterocycles. The predicted octanol–water partition coefficient (Wildman–Crippen LogP) is 2.90. The molecular weight excluding hydrogens is 284 g/mol. The highest BCUT2D eigenvalue weighted by Crippen LogP contribution is 2.26. The van der Waals surface area contributed by atoms with Gasteiger partial charge in [0.1, 0.15) is 11.3 Å². The Kier molecular flexibility index (Phi) is 3.74. The summed E-state index contributed by atoms with van der Waals surface area (Å²) in [6.07, 6.45) is 0. The number of methoxy groups -OCH3 is 1. The summed E-state index contributed by atoms with van der Waals surface area (Å²) in [4.78, 5) is 16.2. The number of ether oxygens (including phenoxy) is 2. The van der Waals surface area contributed by atoms with E-state index in [9.17, 15) is 4.79 Å². The van der Waals surface area contributed by atoms with Gasteiger partial charge in [0.05, 0.1) is 7.11 Å². The van der Waals surface area contributed by atoms with Crippen LogP contribution in [0, 0.1) is 6.92 Å². The second-order valence-corrected chi connectivity index (χ2v) is 4.71. The Morgan fingerprint density at radius 1 is 1.23 bits per heavy atom. The molecule has 3 aromatic rings. The van der Waals surface area contributed by atoms with Crippen LogP contribution in [0.25, 0.3) is 10.8 Å². The number of benzene rings is 2. The highest BCUT2D eigenvalue weighted by Gasteiger charge is 2.16. The van der Waals surface area contributed by atoms with E-state index in [0.717, 1.165) is 10.8 Å². The minimum Gasteiger partial charge on any atom is -0.496 e.